The van der Waals surface area contributed by atoms with E-state index < -0.39 is 10.7 Å². The lowest BCUT2D eigenvalue weighted by Crippen LogP contribution is -2.00. The summed E-state index contributed by atoms with van der Waals surface area (Å²) in [5.41, 5.74) is 5.46. The monoisotopic (exact) mass is 311 g/mol. The van der Waals surface area contributed by atoms with Crippen molar-refractivity contribution >= 4 is 27.3 Å². The number of anilines is 1. The van der Waals surface area contributed by atoms with Gasteiger partial charge in [-0.2, -0.15) is 0 Å². The molecule has 1 heterocycles. The lowest BCUT2D eigenvalue weighted by Gasteiger charge is -2.07. The van der Waals surface area contributed by atoms with Gasteiger partial charge >= 0.3 is 0 Å². The molecule has 0 fully saturated rings. The van der Waals surface area contributed by atoms with Gasteiger partial charge in [0, 0.05) is 22.3 Å². The van der Waals surface area contributed by atoms with E-state index in [9.17, 15) is 14.5 Å². The van der Waals surface area contributed by atoms with Crippen molar-refractivity contribution in [3.8, 4) is 11.3 Å². The minimum Gasteiger partial charge on any atom is -0.393 e. The quantitative estimate of drug-likeness (QED) is 0.524. The van der Waals surface area contributed by atoms with Gasteiger partial charge in [-0.25, -0.2) is 4.39 Å². The Kier molecular flexibility index (Phi) is 3.24. The summed E-state index contributed by atoms with van der Waals surface area (Å²) >= 11 is 3.13. The number of rotatable bonds is 2. The molecule has 7 heteroatoms. The van der Waals surface area contributed by atoms with Crippen molar-refractivity contribution in [2.24, 2.45) is 0 Å². The maximum atomic E-state index is 13.6. The summed E-state index contributed by atoms with van der Waals surface area (Å²) in [7, 11) is 0. The highest BCUT2D eigenvalue weighted by atomic mass is 79.9. The van der Waals surface area contributed by atoms with Crippen molar-refractivity contribution in [1.29, 1.82) is 0 Å². The summed E-state index contributed by atoms with van der Waals surface area (Å²) < 4.78 is 14.1. The predicted octanol–water partition coefficient (Wildman–Crippen LogP) is 3.14. The third-order valence-electron chi connectivity index (χ3n) is 2.33. The maximum Gasteiger partial charge on any atom is 0.293 e. The fraction of sp³-hybridized carbons (Fsp3) is 0. The predicted molar refractivity (Wildman–Crippen MR) is 68.4 cm³/mol. The molecule has 1 aromatic heterocycles. The zero-order valence-corrected chi connectivity index (χ0v) is 10.5. The molecule has 0 unspecified atom stereocenters. The van der Waals surface area contributed by atoms with Crippen LogP contribution in [0.3, 0.4) is 0 Å². The Labute approximate surface area is 110 Å². The van der Waals surface area contributed by atoms with Crippen molar-refractivity contribution in [2.45, 2.75) is 0 Å². The summed E-state index contributed by atoms with van der Waals surface area (Å²) in [5, 5.41) is 10.8. The summed E-state index contributed by atoms with van der Waals surface area (Å²) in [6, 6.07) is 5.41. The van der Waals surface area contributed by atoms with E-state index in [0.29, 0.717) is 4.47 Å². The normalized spacial score (nSPS) is 10.3. The van der Waals surface area contributed by atoms with Crippen LogP contribution in [0, 0.1) is 15.9 Å². The van der Waals surface area contributed by atoms with Crippen molar-refractivity contribution < 1.29 is 9.31 Å². The molecule has 0 aliphatic heterocycles. The van der Waals surface area contributed by atoms with Crippen LogP contribution in [-0.4, -0.2) is 9.91 Å². The van der Waals surface area contributed by atoms with Crippen molar-refractivity contribution in [3.63, 3.8) is 0 Å². The molecule has 0 bridgehead atoms. The second-order valence-electron chi connectivity index (χ2n) is 3.48. The van der Waals surface area contributed by atoms with Gasteiger partial charge in [-0.1, -0.05) is 15.9 Å². The molecule has 92 valence electrons. The highest BCUT2D eigenvalue weighted by molar-refractivity contribution is 9.10. The number of aromatic nitrogens is 1. The van der Waals surface area contributed by atoms with E-state index in [1.54, 1.807) is 0 Å². The highest BCUT2D eigenvalue weighted by Crippen LogP contribution is 2.36. The number of pyridine rings is 1. The lowest BCUT2D eigenvalue weighted by atomic mass is 10.1. The Hall–Kier alpha value is -2.02. The molecule has 0 radical (unpaired) electrons. The molecule has 0 aliphatic carbocycles. The number of hydrogen-bond acceptors (Lipinski definition) is 4. The number of nitrogens with zero attached hydrogens (tertiary/aromatic N) is 2. The molecular formula is C11H7BrFN3O2. The number of nitrogen functional groups attached to an aromatic ring is 1. The first-order valence-electron chi connectivity index (χ1n) is 4.85. The number of nitro benzene ring substituents is 1. The molecule has 0 amide bonds. The van der Waals surface area contributed by atoms with Gasteiger partial charge < -0.3 is 5.73 Å². The summed E-state index contributed by atoms with van der Waals surface area (Å²) in [5.74, 6) is -0.586. The van der Waals surface area contributed by atoms with E-state index in [0.717, 1.165) is 0 Å². The van der Waals surface area contributed by atoms with Gasteiger partial charge in [-0.05, 0) is 18.2 Å². The first-order chi connectivity index (χ1) is 8.50. The highest BCUT2D eigenvalue weighted by Gasteiger charge is 2.20. The SMILES string of the molecule is Nc1c(-c2ncccc2F)cc(Br)cc1[N+](=O)[O-]. The van der Waals surface area contributed by atoms with Crippen LogP contribution in [0.15, 0.2) is 34.9 Å². The zero-order chi connectivity index (χ0) is 13.3. The third-order valence-corrected chi connectivity index (χ3v) is 2.79. The van der Waals surface area contributed by atoms with Crippen molar-refractivity contribution in [3.05, 3.63) is 50.9 Å². The van der Waals surface area contributed by atoms with Gasteiger partial charge in [0.25, 0.3) is 5.69 Å². The van der Waals surface area contributed by atoms with E-state index >= 15 is 0 Å². The summed E-state index contributed by atoms with van der Waals surface area (Å²) in [4.78, 5) is 14.1. The standard InChI is InChI=1S/C11H7BrFN3O2/c12-6-4-7(10(14)9(5-6)16(17)18)11-8(13)2-1-3-15-11/h1-5H,14H2. The third kappa shape index (κ3) is 2.17. The Morgan fingerprint density at radius 3 is 2.78 bits per heavy atom. The lowest BCUT2D eigenvalue weighted by molar-refractivity contribution is -0.383. The van der Waals surface area contributed by atoms with Crippen LogP contribution in [0.25, 0.3) is 11.3 Å². The number of halogens is 2. The molecule has 5 nitrogen and oxygen atoms in total. The molecular weight excluding hydrogens is 305 g/mol. The van der Waals surface area contributed by atoms with Gasteiger partial charge in [0.15, 0.2) is 0 Å². The minimum atomic E-state index is -0.621. The van der Waals surface area contributed by atoms with Crippen LogP contribution in [-0.2, 0) is 0 Å². The Morgan fingerprint density at radius 2 is 2.17 bits per heavy atom. The van der Waals surface area contributed by atoms with Crippen molar-refractivity contribution in [2.75, 3.05) is 5.73 Å². The van der Waals surface area contributed by atoms with E-state index in [-0.39, 0.29) is 22.6 Å². The number of nitrogens with two attached hydrogens (primary N) is 1. The average molecular weight is 312 g/mol. The summed E-state index contributed by atoms with van der Waals surface area (Å²) in [6.45, 7) is 0. The van der Waals surface area contributed by atoms with E-state index in [4.69, 9.17) is 5.73 Å². The van der Waals surface area contributed by atoms with E-state index in [1.165, 1.54) is 30.5 Å². The van der Waals surface area contributed by atoms with Gasteiger partial charge in [0.1, 0.15) is 17.2 Å². The fourth-order valence-corrected chi connectivity index (χ4v) is 1.98. The van der Waals surface area contributed by atoms with Crippen LogP contribution in [0.5, 0.6) is 0 Å². The molecule has 0 spiro atoms. The Balaban J connectivity index is 2.73. The van der Waals surface area contributed by atoms with Gasteiger partial charge in [0.05, 0.1) is 4.92 Å². The first kappa shape index (κ1) is 12.4. The topological polar surface area (TPSA) is 82.0 Å². The molecule has 0 aliphatic rings. The Bertz CT molecular complexity index is 634. The van der Waals surface area contributed by atoms with E-state index in [2.05, 4.69) is 20.9 Å². The Morgan fingerprint density at radius 1 is 1.44 bits per heavy atom. The maximum absolute atomic E-state index is 13.6. The molecule has 0 saturated carbocycles. The molecule has 0 saturated heterocycles. The van der Waals surface area contributed by atoms with E-state index in [1.807, 2.05) is 0 Å². The van der Waals surface area contributed by atoms with Gasteiger partial charge in [-0.3, -0.25) is 15.1 Å². The summed E-state index contributed by atoms with van der Waals surface area (Å²) in [6.07, 6.45) is 1.39. The van der Waals surface area contributed by atoms with Gasteiger partial charge in [-0.15, -0.1) is 0 Å². The molecule has 2 N–H and O–H groups in total. The number of nitro groups is 1. The second-order valence-corrected chi connectivity index (χ2v) is 4.39. The largest absolute Gasteiger partial charge is 0.393 e. The van der Waals surface area contributed by atoms with Crippen LogP contribution >= 0.6 is 15.9 Å². The van der Waals surface area contributed by atoms with Crippen LogP contribution in [0.2, 0.25) is 0 Å². The fourth-order valence-electron chi connectivity index (χ4n) is 1.53. The number of hydrogen-bond donors (Lipinski definition) is 1. The minimum absolute atomic E-state index is 0.0144. The molecule has 18 heavy (non-hydrogen) atoms. The zero-order valence-electron chi connectivity index (χ0n) is 8.93. The van der Waals surface area contributed by atoms with Gasteiger partial charge in [0.2, 0.25) is 0 Å². The van der Waals surface area contributed by atoms with Crippen LogP contribution < -0.4 is 5.73 Å². The number of benzene rings is 1. The van der Waals surface area contributed by atoms with Crippen molar-refractivity contribution in [1.82, 2.24) is 4.98 Å². The van der Waals surface area contributed by atoms with Crippen LogP contribution in [0.1, 0.15) is 0 Å². The second kappa shape index (κ2) is 4.69. The smallest absolute Gasteiger partial charge is 0.293 e. The average Bonchev–Trinajstić information content (AvgIpc) is 2.32. The molecule has 0 atom stereocenters. The first-order valence-corrected chi connectivity index (χ1v) is 5.64. The van der Waals surface area contributed by atoms with Crippen LogP contribution in [0.4, 0.5) is 15.8 Å². The molecule has 2 aromatic rings. The molecule has 1 aromatic carbocycles. The molecule has 2 rings (SSSR count).